The van der Waals surface area contributed by atoms with Crippen molar-refractivity contribution in [1.82, 2.24) is 0 Å². The molecule has 0 amide bonds. The lowest BCUT2D eigenvalue weighted by Crippen LogP contribution is -1.97. The molecule has 0 aliphatic rings. The Morgan fingerprint density at radius 2 is 1.78 bits per heavy atom. The van der Waals surface area contributed by atoms with Gasteiger partial charge in [-0.1, -0.05) is 39.7 Å². The van der Waals surface area contributed by atoms with Crippen molar-refractivity contribution < 1.29 is 8.78 Å². The molecule has 0 spiro atoms. The highest BCUT2D eigenvalue weighted by Crippen LogP contribution is 2.34. The first-order chi connectivity index (χ1) is 8.49. The molecule has 0 N–H and O–H groups in total. The number of benzene rings is 2. The van der Waals surface area contributed by atoms with Crippen LogP contribution in [0.2, 0.25) is 5.02 Å². The Kier molecular flexibility index (Phi) is 4.03. The molecular weight excluding hydrogens is 322 g/mol. The Morgan fingerprint density at radius 1 is 1.06 bits per heavy atom. The van der Waals surface area contributed by atoms with E-state index in [0.29, 0.717) is 10.6 Å². The van der Waals surface area contributed by atoms with Gasteiger partial charge in [-0.3, -0.25) is 0 Å². The molecule has 0 heterocycles. The van der Waals surface area contributed by atoms with Gasteiger partial charge in [-0.15, -0.1) is 0 Å². The van der Waals surface area contributed by atoms with Crippen LogP contribution in [0, 0.1) is 18.6 Å². The lowest BCUT2D eigenvalue weighted by molar-refractivity contribution is 0.507. The molecule has 1 atom stereocenters. The lowest BCUT2D eigenvalue weighted by Gasteiger charge is -2.14. The van der Waals surface area contributed by atoms with E-state index in [-0.39, 0.29) is 4.83 Å². The van der Waals surface area contributed by atoms with E-state index >= 15 is 0 Å². The molecule has 18 heavy (non-hydrogen) atoms. The number of halogens is 4. The van der Waals surface area contributed by atoms with Crippen molar-refractivity contribution in [3.05, 3.63) is 69.7 Å². The van der Waals surface area contributed by atoms with Crippen molar-refractivity contribution in [2.45, 2.75) is 11.8 Å². The Hall–Kier alpha value is -0.930. The van der Waals surface area contributed by atoms with Gasteiger partial charge < -0.3 is 0 Å². The monoisotopic (exact) mass is 330 g/mol. The molecule has 0 aromatic heterocycles. The van der Waals surface area contributed by atoms with Gasteiger partial charge in [0.25, 0.3) is 0 Å². The Balaban J connectivity index is 2.41. The van der Waals surface area contributed by atoms with Crippen LogP contribution in [0.5, 0.6) is 0 Å². The second-order valence-corrected chi connectivity index (χ2v) is 5.39. The first-order valence-electron chi connectivity index (χ1n) is 5.34. The highest BCUT2D eigenvalue weighted by Gasteiger charge is 2.14. The maximum absolute atomic E-state index is 13.2. The van der Waals surface area contributed by atoms with Gasteiger partial charge in [-0.2, -0.15) is 0 Å². The van der Waals surface area contributed by atoms with Gasteiger partial charge in [-0.25, -0.2) is 8.78 Å². The van der Waals surface area contributed by atoms with Crippen LogP contribution in [0.25, 0.3) is 0 Å². The second-order valence-electron chi connectivity index (χ2n) is 4.04. The molecule has 0 radical (unpaired) electrons. The van der Waals surface area contributed by atoms with Gasteiger partial charge in [0.1, 0.15) is 0 Å². The third-order valence-corrected chi connectivity index (χ3v) is 4.00. The van der Waals surface area contributed by atoms with E-state index in [2.05, 4.69) is 15.9 Å². The molecule has 0 fully saturated rings. The van der Waals surface area contributed by atoms with E-state index in [4.69, 9.17) is 11.6 Å². The Labute approximate surface area is 118 Å². The van der Waals surface area contributed by atoms with Crippen molar-refractivity contribution in [3.63, 3.8) is 0 Å². The highest BCUT2D eigenvalue weighted by molar-refractivity contribution is 9.09. The molecule has 0 bridgehead atoms. The minimum atomic E-state index is -0.844. The third-order valence-electron chi connectivity index (χ3n) is 2.74. The quantitative estimate of drug-likeness (QED) is 0.645. The average molecular weight is 332 g/mol. The number of aryl methyl sites for hydroxylation is 1. The topological polar surface area (TPSA) is 0 Å². The fourth-order valence-electron chi connectivity index (χ4n) is 1.77. The van der Waals surface area contributed by atoms with Crippen LogP contribution in [0.3, 0.4) is 0 Å². The molecule has 2 aromatic rings. The summed E-state index contributed by atoms with van der Waals surface area (Å²) < 4.78 is 26.1. The van der Waals surface area contributed by atoms with Crippen LogP contribution in [-0.4, -0.2) is 0 Å². The molecule has 2 aromatic carbocycles. The number of hydrogen-bond donors (Lipinski definition) is 0. The van der Waals surface area contributed by atoms with Crippen LogP contribution in [0.15, 0.2) is 36.4 Å². The van der Waals surface area contributed by atoms with Crippen molar-refractivity contribution in [2.24, 2.45) is 0 Å². The summed E-state index contributed by atoms with van der Waals surface area (Å²) in [6, 6.07) is 9.38. The van der Waals surface area contributed by atoms with Gasteiger partial charge in [0, 0.05) is 5.02 Å². The van der Waals surface area contributed by atoms with Crippen LogP contribution in [0.4, 0.5) is 8.78 Å². The van der Waals surface area contributed by atoms with E-state index in [9.17, 15) is 8.78 Å². The first-order valence-corrected chi connectivity index (χ1v) is 6.63. The number of rotatable bonds is 2. The van der Waals surface area contributed by atoms with Crippen LogP contribution in [-0.2, 0) is 0 Å². The molecule has 4 heteroatoms. The average Bonchev–Trinajstić information content (AvgIpc) is 2.32. The molecule has 94 valence electrons. The summed E-state index contributed by atoms with van der Waals surface area (Å²) in [5.74, 6) is -1.69. The summed E-state index contributed by atoms with van der Waals surface area (Å²) >= 11 is 9.38. The van der Waals surface area contributed by atoms with E-state index < -0.39 is 11.6 Å². The summed E-state index contributed by atoms with van der Waals surface area (Å²) in [5.41, 5.74) is 2.64. The maximum atomic E-state index is 13.2. The van der Waals surface area contributed by atoms with Crippen molar-refractivity contribution in [2.75, 3.05) is 0 Å². The number of hydrogen-bond acceptors (Lipinski definition) is 0. The van der Waals surface area contributed by atoms with Crippen LogP contribution >= 0.6 is 27.5 Å². The minimum Gasteiger partial charge on any atom is -0.204 e. The minimum absolute atomic E-state index is 0.190. The maximum Gasteiger partial charge on any atom is 0.159 e. The molecule has 0 nitrogen and oxygen atoms in total. The zero-order valence-electron chi connectivity index (χ0n) is 9.55. The van der Waals surface area contributed by atoms with Gasteiger partial charge >= 0.3 is 0 Å². The van der Waals surface area contributed by atoms with Crippen molar-refractivity contribution in [1.29, 1.82) is 0 Å². The van der Waals surface area contributed by atoms with Crippen LogP contribution < -0.4 is 0 Å². The zero-order valence-corrected chi connectivity index (χ0v) is 11.9. The normalized spacial score (nSPS) is 12.5. The SMILES string of the molecule is Cc1cc(Cl)ccc1C(Br)c1ccc(F)c(F)c1. The van der Waals surface area contributed by atoms with Crippen molar-refractivity contribution >= 4 is 27.5 Å². The zero-order chi connectivity index (χ0) is 13.3. The van der Waals surface area contributed by atoms with E-state index in [1.807, 2.05) is 19.1 Å². The molecule has 1 unspecified atom stereocenters. The fraction of sp³-hybridized carbons (Fsp3) is 0.143. The van der Waals surface area contributed by atoms with E-state index in [0.717, 1.165) is 17.2 Å². The molecular formula is C14H10BrClF2. The van der Waals surface area contributed by atoms with Gasteiger partial charge in [-0.05, 0) is 47.9 Å². The summed E-state index contributed by atoms with van der Waals surface area (Å²) in [5, 5.41) is 0.654. The van der Waals surface area contributed by atoms with E-state index in [1.54, 1.807) is 12.1 Å². The predicted octanol–water partition coefficient (Wildman–Crippen LogP) is 5.41. The standard InChI is InChI=1S/C14H10BrClF2/c1-8-6-10(16)3-4-11(8)14(15)9-2-5-12(17)13(18)7-9/h2-7,14H,1H3. The largest absolute Gasteiger partial charge is 0.204 e. The van der Waals surface area contributed by atoms with E-state index in [1.165, 1.54) is 6.07 Å². The van der Waals surface area contributed by atoms with Gasteiger partial charge in [0.05, 0.1) is 4.83 Å². The third kappa shape index (κ3) is 2.73. The van der Waals surface area contributed by atoms with Gasteiger partial charge in [0.2, 0.25) is 0 Å². The summed E-state index contributed by atoms with van der Waals surface area (Å²) in [6.07, 6.45) is 0. The first kappa shape index (κ1) is 13.5. The van der Waals surface area contributed by atoms with Crippen LogP contribution in [0.1, 0.15) is 21.5 Å². The Bertz CT molecular complexity index is 584. The molecule has 2 rings (SSSR count). The van der Waals surface area contributed by atoms with Gasteiger partial charge in [0.15, 0.2) is 11.6 Å². The fourth-order valence-corrected chi connectivity index (χ4v) is 2.80. The highest BCUT2D eigenvalue weighted by atomic mass is 79.9. The van der Waals surface area contributed by atoms with Crippen molar-refractivity contribution in [3.8, 4) is 0 Å². The smallest absolute Gasteiger partial charge is 0.159 e. The molecule has 0 aliphatic heterocycles. The predicted molar refractivity (Wildman–Crippen MR) is 73.3 cm³/mol. The molecule has 0 aliphatic carbocycles. The summed E-state index contributed by atoms with van der Waals surface area (Å²) in [4.78, 5) is -0.190. The summed E-state index contributed by atoms with van der Waals surface area (Å²) in [6.45, 7) is 1.93. The summed E-state index contributed by atoms with van der Waals surface area (Å²) in [7, 11) is 0. The molecule has 0 saturated heterocycles. The lowest BCUT2D eigenvalue weighted by atomic mass is 10.0. The Morgan fingerprint density at radius 3 is 2.39 bits per heavy atom. The molecule has 0 saturated carbocycles. The number of alkyl halides is 1. The second kappa shape index (κ2) is 5.37.